The maximum Gasteiger partial charge on any atom is 0.335 e. The van der Waals surface area contributed by atoms with Gasteiger partial charge in [-0.15, -0.1) is 24.8 Å². The fraction of sp³-hybridized carbons (Fsp3) is 0.200. The molecule has 1 aromatic carbocycles. The largest absolute Gasteiger partial charge is 0.478 e. The number of aromatic nitrogens is 2. The van der Waals surface area contributed by atoms with Gasteiger partial charge in [0.15, 0.2) is 0 Å². The van der Waals surface area contributed by atoms with E-state index in [0.717, 1.165) is 16.9 Å². The Balaban J connectivity index is 0.00000128. The number of aromatic carboxylic acids is 1. The van der Waals surface area contributed by atoms with Gasteiger partial charge in [-0.3, -0.25) is 0 Å². The first kappa shape index (κ1) is 15.7. The van der Waals surface area contributed by atoms with Gasteiger partial charge in [-0.2, -0.15) is 0 Å². The molecular weight excluding hydrogens is 265 g/mol. The van der Waals surface area contributed by atoms with Crippen LogP contribution in [0, 0.1) is 0 Å². The first-order chi connectivity index (χ1) is 7.20. The minimum atomic E-state index is -0.938. The van der Waals surface area contributed by atoms with Crippen LogP contribution in [-0.2, 0) is 6.42 Å². The van der Waals surface area contributed by atoms with E-state index in [1.165, 1.54) is 6.07 Å². The molecule has 0 amide bonds. The number of hydrogen-bond acceptors (Lipinski definition) is 3. The molecular formula is C10H13Cl2N3O2. The smallest absolute Gasteiger partial charge is 0.335 e. The van der Waals surface area contributed by atoms with Gasteiger partial charge in [-0.25, -0.2) is 9.78 Å². The number of rotatable bonds is 3. The van der Waals surface area contributed by atoms with Crippen molar-refractivity contribution in [3.63, 3.8) is 0 Å². The Morgan fingerprint density at radius 1 is 1.41 bits per heavy atom. The Morgan fingerprint density at radius 2 is 2.12 bits per heavy atom. The van der Waals surface area contributed by atoms with Crippen molar-refractivity contribution in [3.8, 4) is 0 Å². The van der Waals surface area contributed by atoms with Crippen molar-refractivity contribution < 1.29 is 9.90 Å². The molecule has 0 aliphatic heterocycles. The minimum absolute atomic E-state index is 0. The normalized spacial score (nSPS) is 9.47. The van der Waals surface area contributed by atoms with Crippen LogP contribution in [0.1, 0.15) is 16.2 Å². The molecule has 0 bridgehead atoms. The molecule has 0 spiro atoms. The van der Waals surface area contributed by atoms with Gasteiger partial charge in [0.25, 0.3) is 0 Å². The first-order valence-electron chi connectivity index (χ1n) is 4.62. The van der Waals surface area contributed by atoms with Crippen LogP contribution >= 0.6 is 24.8 Å². The summed E-state index contributed by atoms with van der Waals surface area (Å²) in [5, 5.41) is 8.80. The molecule has 0 atom stereocenters. The highest BCUT2D eigenvalue weighted by Crippen LogP contribution is 2.13. The van der Waals surface area contributed by atoms with Crippen molar-refractivity contribution in [1.29, 1.82) is 0 Å². The Bertz CT molecular complexity index is 513. The summed E-state index contributed by atoms with van der Waals surface area (Å²) >= 11 is 0. The standard InChI is InChI=1S/C10H11N3O2.2ClH/c11-4-3-9-12-7-2-1-6(10(14)15)5-8(7)13-9;;/h1-2,5H,3-4,11H2,(H,12,13)(H,14,15);2*1H. The molecule has 0 aliphatic carbocycles. The van der Waals surface area contributed by atoms with E-state index in [1.807, 2.05) is 0 Å². The van der Waals surface area contributed by atoms with Gasteiger partial charge in [0.2, 0.25) is 0 Å². The third-order valence-corrected chi connectivity index (χ3v) is 2.16. The second-order valence-corrected chi connectivity index (χ2v) is 3.26. The second-order valence-electron chi connectivity index (χ2n) is 3.26. The number of halogens is 2. The Labute approximate surface area is 110 Å². The number of aromatic amines is 1. The lowest BCUT2D eigenvalue weighted by Gasteiger charge is -1.92. The molecule has 4 N–H and O–H groups in total. The fourth-order valence-electron chi connectivity index (χ4n) is 1.45. The van der Waals surface area contributed by atoms with Gasteiger partial charge in [-0.1, -0.05) is 0 Å². The molecule has 0 saturated heterocycles. The monoisotopic (exact) mass is 277 g/mol. The molecule has 2 aromatic rings. The summed E-state index contributed by atoms with van der Waals surface area (Å²) in [6.07, 6.45) is 0.664. The lowest BCUT2D eigenvalue weighted by molar-refractivity contribution is 0.0697. The lowest BCUT2D eigenvalue weighted by Crippen LogP contribution is -2.03. The molecule has 0 saturated carbocycles. The lowest BCUT2D eigenvalue weighted by atomic mass is 10.2. The number of carboxylic acid groups (broad SMARTS) is 1. The van der Waals surface area contributed by atoms with Crippen LogP contribution < -0.4 is 5.73 Å². The van der Waals surface area contributed by atoms with Crippen molar-refractivity contribution in [2.45, 2.75) is 6.42 Å². The summed E-state index contributed by atoms with van der Waals surface area (Å²) in [6, 6.07) is 4.80. The molecule has 7 heteroatoms. The molecule has 1 heterocycles. The number of imidazole rings is 1. The zero-order chi connectivity index (χ0) is 10.8. The maximum atomic E-state index is 10.7. The number of fused-ring (bicyclic) bond motifs is 1. The van der Waals surface area contributed by atoms with Crippen LogP contribution in [0.2, 0.25) is 0 Å². The van der Waals surface area contributed by atoms with Gasteiger partial charge < -0.3 is 15.8 Å². The van der Waals surface area contributed by atoms with Crippen molar-refractivity contribution in [3.05, 3.63) is 29.6 Å². The van der Waals surface area contributed by atoms with E-state index in [2.05, 4.69) is 9.97 Å². The van der Waals surface area contributed by atoms with Crippen LogP contribution in [0.3, 0.4) is 0 Å². The molecule has 2 rings (SSSR count). The number of hydrogen-bond donors (Lipinski definition) is 3. The summed E-state index contributed by atoms with van der Waals surface area (Å²) in [5.41, 5.74) is 7.16. The molecule has 5 nitrogen and oxygen atoms in total. The molecule has 94 valence electrons. The Kier molecular flexibility index (Phi) is 5.95. The van der Waals surface area contributed by atoms with Crippen LogP contribution in [0.5, 0.6) is 0 Å². The molecule has 0 aliphatic rings. The topological polar surface area (TPSA) is 92.0 Å². The second kappa shape index (κ2) is 6.44. The summed E-state index contributed by atoms with van der Waals surface area (Å²) in [7, 11) is 0. The highest BCUT2D eigenvalue weighted by Gasteiger charge is 2.06. The van der Waals surface area contributed by atoms with Gasteiger partial charge in [0.1, 0.15) is 5.82 Å². The zero-order valence-corrected chi connectivity index (χ0v) is 10.5. The maximum absolute atomic E-state index is 10.7. The average molecular weight is 278 g/mol. The highest BCUT2D eigenvalue weighted by molar-refractivity contribution is 5.92. The van der Waals surface area contributed by atoms with E-state index in [4.69, 9.17) is 10.8 Å². The van der Waals surface area contributed by atoms with E-state index in [1.54, 1.807) is 12.1 Å². The summed E-state index contributed by atoms with van der Waals surface area (Å²) in [6.45, 7) is 0.519. The molecule has 0 unspecified atom stereocenters. The number of carbonyl (C=O) groups is 1. The first-order valence-corrected chi connectivity index (χ1v) is 4.62. The number of benzene rings is 1. The molecule has 17 heavy (non-hydrogen) atoms. The number of nitrogens with one attached hydrogen (secondary N) is 1. The van der Waals surface area contributed by atoms with E-state index in [-0.39, 0.29) is 30.4 Å². The Hall–Kier alpha value is -1.30. The Morgan fingerprint density at radius 3 is 2.71 bits per heavy atom. The van der Waals surface area contributed by atoms with Gasteiger partial charge in [0, 0.05) is 6.42 Å². The van der Waals surface area contributed by atoms with E-state index < -0.39 is 5.97 Å². The molecule has 1 aromatic heterocycles. The van der Waals surface area contributed by atoms with E-state index >= 15 is 0 Å². The number of carboxylic acids is 1. The van der Waals surface area contributed by atoms with Crippen molar-refractivity contribution in [2.75, 3.05) is 6.54 Å². The molecule has 0 radical (unpaired) electrons. The SMILES string of the molecule is Cl.Cl.NCCc1nc2ccc(C(=O)O)cc2[nH]1. The zero-order valence-electron chi connectivity index (χ0n) is 8.84. The van der Waals surface area contributed by atoms with Crippen molar-refractivity contribution in [1.82, 2.24) is 9.97 Å². The van der Waals surface area contributed by atoms with Gasteiger partial charge in [-0.05, 0) is 24.7 Å². The fourth-order valence-corrected chi connectivity index (χ4v) is 1.45. The summed E-state index contributed by atoms with van der Waals surface area (Å²) in [5.74, 6) is -0.151. The van der Waals surface area contributed by atoms with Crippen LogP contribution in [0.25, 0.3) is 11.0 Å². The summed E-state index contributed by atoms with van der Waals surface area (Å²) in [4.78, 5) is 18.0. The summed E-state index contributed by atoms with van der Waals surface area (Å²) < 4.78 is 0. The van der Waals surface area contributed by atoms with Crippen LogP contribution in [0.15, 0.2) is 18.2 Å². The molecule has 0 fully saturated rings. The van der Waals surface area contributed by atoms with Crippen LogP contribution in [-0.4, -0.2) is 27.6 Å². The number of nitrogens with two attached hydrogens (primary N) is 1. The number of nitrogens with zero attached hydrogens (tertiary/aromatic N) is 1. The van der Waals surface area contributed by atoms with Gasteiger partial charge >= 0.3 is 5.97 Å². The third kappa shape index (κ3) is 3.33. The predicted molar refractivity (Wildman–Crippen MR) is 70.3 cm³/mol. The highest BCUT2D eigenvalue weighted by atomic mass is 35.5. The predicted octanol–water partition coefficient (Wildman–Crippen LogP) is 1.61. The average Bonchev–Trinajstić information content (AvgIpc) is 2.59. The van der Waals surface area contributed by atoms with Crippen molar-refractivity contribution >= 4 is 41.8 Å². The third-order valence-electron chi connectivity index (χ3n) is 2.16. The van der Waals surface area contributed by atoms with E-state index in [9.17, 15) is 4.79 Å². The number of H-pyrrole nitrogens is 1. The van der Waals surface area contributed by atoms with Gasteiger partial charge in [0.05, 0.1) is 16.6 Å². The minimum Gasteiger partial charge on any atom is -0.478 e. The quantitative estimate of drug-likeness (QED) is 0.795. The van der Waals surface area contributed by atoms with E-state index in [0.29, 0.717) is 13.0 Å². The van der Waals surface area contributed by atoms with Crippen LogP contribution in [0.4, 0.5) is 0 Å². The van der Waals surface area contributed by atoms with Crippen molar-refractivity contribution in [2.24, 2.45) is 5.73 Å².